The molecule has 3 N–H and O–H groups in total. The highest BCUT2D eigenvalue weighted by atomic mass is 16.3. The molecule has 5 heteroatoms. The molecule has 2 aliphatic rings. The van der Waals surface area contributed by atoms with Crippen LogP contribution in [0.2, 0.25) is 0 Å². The van der Waals surface area contributed by atoms with Crippen LogP contribution in [0.5, 0.6) is 0 Å². The van der Waals surface area contributed by atoms with Gasteiger partial charge in [0.05, 0.1) is 28.9 Å². The average Bonchev–Trinajstić information content (AvgIpc) is 3.53. The normalized spacial score (nSPS) is 13.7. The van der Waals surface area contributed by atoms with Gasteiger partial charge in [-0.2, -0.15) is 0 Å². The first-order valence-electron chi connectivity index (χ1n) is 10.3. The predicted octanol–water partition coefficient (Wildman–Crippen LogP) is 5.86. The van der Waals surface area contributed by atoms with Crippen molar-refractivity contribution in [3.8, 4) is 0 Å². The minimum Gasteiger partial charge on any atom is -0.389 e. The fraction of sp³-hybridized carbons (Fsp3) is 0.0769. The Labute approximate surface area is 178 Å². The Morgan fingerprint density at radius 2 is 1.35 bits per heavy atom. The molecule has 150 valence electrons. The maximum absolute atomic E-state index is 10.5. The number of aliphatic hydroxyl groups is 1. The zero-order valence-electron chi connectivity index (χ0n) is 16.9. The maximum Gasteiger partial charge on any atom is 0.0803 e. The van der Waals surface area contributed by atoms with Crippen molar-refractivity contribution in [1.29, 1.82) is 0 Å². The molecule has 0 amide bonds. The summed E-state index contributed by atoms with van der Waals surface area (Å²) in [6.45, 7) is 1.77. The molecule has 0 radical (unpaired) electrons. The molecule has 5 heterocycles. The van der Waals surface area contributed by atoms with Gasteiger partial charge in [0.2, 0.25) is 0 Å². The Bertz CT molecular complexity index is 1570. The molecule has 3 aromatic heterocycles. The lowest BCUT2D eigenvalue weighted by atomic mass is 10.1. The van der Waals surface area contributed by atoms with Crippen molar-refractivity contribution in [3.05, 3.63) is 82.9 Å². The van der Waals surface area contributed by atoms with E-state index in [1.165, 1.54) is 0 Å². The van der Waals surface area contributed by atoms with Gasteiger partial charge in [0.15, 0.2) is 0 Å². The number of fused-ring (bicyclic) bond motifs is 11. The van der Waals surface area contributed by atoms with E-state index >= 15 is 0 Å². The van der Waals surface area contributed by atoms with Gasteiger partial charge in [0.25, 0.3) is 0 Å². The highest BCUT2D eigenvalue weighted by molar-refractivity contribution is 6.07. The number of rotatable bonds is 1. The third-order valence-corrected chi connectivity index (χ3v) is 5.70. The van der Waals surface area contributed by atoms with Gasteiger partial charge in [-0.25, -0.2) is 9.97 Å². The van der Waals surface area contributed by atoms with Crippen LogP contribution >= 0.6 is 0 Å². The van der Waals surface area contributed by atoms with E-state index in [0.717, 1.165) is 61.2 Å². The van der Waals surface area contributed by atoms with Crippen LogP contribution in [-0.4, -0.2) is 25.0 Å². The first-order valence-corrected chi connectivity index (χ1v) is 10.3. The average molecular weight is 404 g/mol. The van der Waals surface area contributed by atoms with Gasteiger partial charge in [0, 0.05) is 38.4 Å². The van der Waals surface area contributed by atoms with Crippen molar-refractivity contribution in [2.24, 2.45) is 0 Å². The third-order valence-electron chi connectivity index (χ3n) is 5.70. The smallest absolute Gasteiger partial charge is 0.0803 e. The molecule has 0 aliphatic carbocycles. The van der Waals surface area contributed by atoms with E-state index in [1.54, 1.807) is 6.92 Å². The molecule has 1 atom stereocenters. The first-order chi connectivity index (χ1) is 15.1. The molecule has 6 rings (SSSR count). The van der Waals surface area contributed by atoms with Crippen molar-refractivity contribution >= 4 is 57.1 Å². The second kappa shape index (κ2) is 6.79. The van der Waals surface area contributed by atoms with Gasteiger partial charge >= 0.3 is 0 Å². The van der Waals surface area contributed by atoms with Crippen LogP contribution in [-0.2, 0) is 0 Å². The molecule has 5 nitrogen and oxygen atoms in total. The number of H-pyrrole nitrogens is 2. The van der Waals surface area contributed by atoms with Crippen LogP contribution in [0.1, 0.15) is 41.4 Å². The van der Waals surface area contributed by atoms with Crippen molar-refractivity contribution in [3.63, 3.8) is 0 Å². The third kappa shape index (κ3) is 3.07. The predicted molar refractivity (Wildman–Crippen MR) is 127 cm³/mol. The summed E-state index contributed by atoms with van der Waals surface area (Å²) in [4.78, 5) is 16.5. The van der Waals surface area contributed by atoms with E-state index in [1.807, 2.05) is 60.7 Å². The number of hydrogen-bond donors (Lipinski definition) is 3. The van der Waals surface area contributed by atoms with Crippen molar-refractivity contribution in [2.45, 2.75) is 13.0 Å². The summed E-state index contributed by atoms with van der Waals surface area (Å²) in [5.74, 6) is 0. The number of nitrogens with zero attached hydrogens (tertiary/aromatic N) is 2. The van der Waals surface area contributed by atoms with E-state index in [0.29, 0.717) is 0 Å². The summed E-state index contributed by atoms with van der Waals surface area (Å²) in [6.07, 6.45) is 7.30. The van der Waals surface area contributed by atoms with Crippen molar-refractivity contribution in [2.75, 3.05) is 0 Å². The van der Waals surface area contributed by atoms with Gasteiger partial charge in [-0.15, -0.1) is 0 Å². The zero-order valence-corrected chi connectivity index (χ0v) is 16.9. The van der Waals surface area contributed by atoms with Crippen LogP contribution in [0.25, 0.3) is 57.1 Å². The summed E-state index contributed by atoms with van der Waals surface area (Å²) in [5.41, 5.74) is 7.94. The number of aromatic nitrogens is 4. The number of nitrogens with one attached hydrogen (secondary N) is 2. The highest BCUT2D eigenvalue weighted by Gasteiger charge is 2.13. The van der Waals surface area contributed by atoms with E-state index in [4.69, 9.17) is 9.97 Å². The SMILES string of the molecule is CC(O)c1c2nc(cc3[nH]c(cc4nc(cc5ccc1[nH]5)C=C4)c1ccccc31)C=C2. The molecule has 2 aliphatic heterocycles. The van der Waals surface area contributed by atoms with Gasteiger partial charge in [-0.1, -0.05) is 24.3 Å². The Balaban J connectivity index is 1.78. The molecular formula is C26H20N4O. The van der Waals surface area contributed by atoms with E-state index < -0.39 is 6.10 Å². The summed E-state index contributed by atoms with van der Waals surface area (Å²) in [6, 6.07) is 18.4. The molecule has 8 bridgehead atoms. The second-order valence-corrected chi connectivity index (χ2v) is 7.90. The lowest BCUT2D eigenvalue weighted by Crippen LogP contribution is -1.95. The molecule has 0 fully saturated rings. The van der Waals surface area contributed by atoms with E-state index in [-0.39, 0.29) is 0 Å². The number of aromatic amines is 2. The van der Waals surface area contributed by atoms with Crippen LogP contribution in [0.4, 0.5) is 0 Å². The lowest BCUT2D eigenvalue weighted by molar-refractivity contribution is 0.200. The minimum absolute atomic E-state index is 0.663. The molecule has 4 aromatic rings. The Kier molecular flexibility index (Phi) is 3.91. The van der Waals surface area contributed by atoms with Crippen LogP contribution < -0.4 is 0 Å². The monoisotopic (exact) mass is 404 g/mol. The zero-order chi connectivity index (χ0) is 20.9. The van der Waals surface area contributed by atoms with Crippen molar-refractivity contribution in [1.82, 2.24) is 19.9 Å². The molecule has 0 saturated carbocycles. The highest BCUT2D eigenvalue weighted by Crippen LogP contribution is 2.28. The Hall–Kier alpha value is -3.96. The van der Waals surface area contributed by atoms with Gasteiger partial charge in [0.1, 0.15) is 0 Å². The molecule has 31 heavy (non-hydrogen) atoms. The quantitative estimate of drug-likeness (QED) is 0.321. The summed E-state index contributed by atoms with van der Waals surface area (Å²) in [5, 5.41) is 12.8. The standard InChI is InChI=1S/C26H20N4O/c1-15(31)26-22-10-8-17(28-22)12-16-6-7-18(27-16)13-24-20-4-2-3-5-21(20)25(30-24)14-19-9-11-23(26)29-19/h2-15,28,30-31H,1H3. The Morgan fingerprint density at radius 1 is 0.710 bits per heavy atom. The van der Waals surface area contributed by atoms with Gasteiger partial charge < -0.3 is 15.1 Å². The fourth-order valence-corrected chi connectivity index (χ4v) is 4.31. The molecule has 0 spiro atoms. The summed E-state index contributed by atoms with van der Waals surface area (Å²) in [7, 11) is 0. The van der Waals surface area contributed by atoms with Crippen LogP contribution in [0.15, 0.2) is 54.6 Å². The van der Waals surface area contributed by atoms with E-state index in [9.17, 15) is 5.11 Å². The molecule has 0 saturated heterocycles. The number of aliphatic hydroxyl groups excluding tert-OH is 1. The van der Waals surface area contributed by atoms with Crippen LogP contribution in [0.3, 0.4) is 0 Å². The molecule has 1 unspecified atom stereocenters. The van der Waals surface area contributed by atoms with Crippen LogP contribution in [0, 0.1) is 0 Å². The molecular weight excluding hydrogens is 384 g/mol. The Morgan fingerprint density at radius 3 is 2.06 bits per heavy atom. The lowest BCUT2D eigenvalue weighted by Gasteiger charge is -2.05. The maximum atomic E-state index is 10.5. The first kappa shape index (κ1) is 17.9. The topological polar surface area (TPSA) is 77.6 Å². The van der Waals surface area contributed by atoms with Gasteiger partial charge in [-0.3, -0.25) is 0 Å². The minimum atomic E-state index is -0.663. The number of hydrogen-bond acceptors (Lipinski definition) is 3. The van der Waals surface area contributed by atoms with E-state index in [2.05, 4.69) is 28.2 Å². The molecule has 1 aromatic carbocycles. The fourth-order valence-electron chi connectivity index (χ4n) is 4.31. The van der Waals surface area contributed by atoms with Gasteiger partial charge in [-0.05, 0) is 61.6 Å². The summed E-state index contributed by atoms with van der Waals surface area (Å²) >= 11 is 0. The largest absolute Gasteiger partial charge is 0.389 e. The van der Waals surface area contributed by atoms with Crippen molar-refractivity contribution < 1.29 is 5.11 Å². The number of benzene rings is 1. The summed E-state index contributed by atoms with van der Waals surface area (Å²) < 4.78 is 0. The second-order valence-electron chi connectivity index (χ2n) is 7.90.